The Kier molecular flexibility index (Phi) is 5.21. The number of hydrogen-bond donors (Lipinski definition) is 3. The zero-order valence-electron chi connectivity index (χ0n) is 11.5. The van der Waals surface area contributed by atoms with Crippen LogP contribution >= 0.6 is 0 Å². The van der Waals surface area contributed by atoms with E-state index in [-0.39, 0.29) is 6.10 Å². The van der Waals surface area contributed by atoms with Gasteiger partial charge in [0.15, 0.2) is 0 Å². The van der Waals surface area contributed by atoms with Gasteiger partial charge in [0.1, 0.15) is 11.8 Å². The molecule has 0 radical (unpaired) electrons. The molecule has 8 heteroatoms. The Morgan fingerprint density at radius 2 is 1.95 bits per heavy atom. The van der Waals surface area contributed by atoms with Crippen molar-refractivity contribution < 1.29 is 24.6 Å². The summed E-state index contributed by atoms with van der Waals surface area (Å²) in [6.07, 6.45) is 3.12. The molecule has 2 aliphatic heterocycles. The first-order chi connectivity index (χ1) is 10.6. The summed E-state index contributed by atoms with van der Waals surface area (Å²) < 4.78 is 0. The largest absolute Gasteiger partial charge is 0.478 e. The van der Waals surface area contributed by atoms with Crippen LogP contribution in [0.4, 0.5) is 0 Å². The number of oxime groups is 1. The topological polar surface area (TPSA) is 121 Å². The Morgan fingerprint density at radius 1 is 1.23 bits per heavy atom. The monoisotopic (exact) mass is 305 g/mol. The molecule has 22 heavy (non-hydrogen) atoms. The lowest BCUT2D eigenvalue weighted by atomic mass is 9.98. The number of aliphatic carboxylic acids is 2. The molecule has 1 aromatic rings. The number of pyridine rings is 1. The third kappa shape index (κ3) is 4.13. The van der Waals surface area contributed by atoms with Gasteiger partial charge in [0.05, 0.1) is 11.6 Å². The van der Waals surface area contributed by atoms with Crippen molar-refractivity contribution in [3.05, 3.63) is 42.2 Å². The molecule has 8 nitrogen and oxygen atoms in total. The van der Waals surface area contributed by atoms with Crippen LogP contribution in [0.25, 0.3) is 0 Å². The van der Waals surface area contributed by atoms with Crippen LogP contribution in [0.5, 0.6) is 0 Å². The lowest BCUT2D eigenvalue weighted by Crippen LogP contribution is -2.22. The first kappa shape index (κ1) is 15.6. The van der Waals surface area contributed by atoms with E-state index >= 15 is 0 Å². The van der Waals surface area contributed by atoms with Crippen LogP contribution in [0.1, 0.15) is 5.69 Å². The number of aromatic nitrogens is 1. The smallest absolute Gasteiger partial charge is 0.328 e. The molecule has 1 aromatic heterocycles. The van der Waals surface area contributed by atoms with E-state index in [2.05, 4.69) is 15.5 Å². The molecule has 0 aromatic carbocycles. The number of carbonyl (C=O) groups is 2. The van der Waals surface area contributed by atoms with Crippen molar-refractivity contribution in [2.75, 3.05) is 13.1 Å². The summed E-state index contributed by atoms with van der Waals surface area (Å²) in [6.45, 7) is 1.84. The Labute approximate surface area is 126 Å². The van der Waals surface area contributed by atoms with E-state index < -0.39 is 11.9 Å². The molecule has 116 valence electrons. The van der Waals surface area contributed by atoms with Crippen molar-refractivity contribution in [1.29, 1.82) is 0 Å². The molecular weight excluding hydrogens is 290 g/mol. The molecule has 2 aliphatic rings. The molecule has 3 rings (SSSR count). The zero-order valence-corrected chi connectivity index (χ0v) is 11.5. The van der Waals surface area contributed by atoms with Crippen molar-refractivity contribution in [3.63, 3.8) is 0 Å². The Hall–Kier alpha value is -2.74. The predicted octanol–water partition coefficient (Wildman–Crippen LogP) is 0.116. The Morgan fingerprint density at radius 3 is 2.55 bits per heavy atom. The van der Waals surface area contributed by atoms with Gasteiger partial charge in [0.25, 0.3) is 0 Å². The van der Waals surface area contributed by atoms with Gasteiger partial charge in [-0.2, -0.15) is 0 Å². The molecule has 1 fully saturated rings. The highest BCUT2D eigenvalue weighted by Gasteiger charge is 2.39. The fraction of sp³-hybridized carbons (Fsp3) is 0.286. The van der Waals surface area contributed by atoms with Gasteiger partial charge in [-0.3, -0.25) is 4.98 Å². The van der Waals surface area contributed by atoms with E-state index in [1.807, 2.05) is 18.2 Å². The summed E-state index contributed by atoms with van der Waals surface area (Å²) >= 11 is 0. The SMILES string of the molecule is O=C(O)/C=C/C(=O)O.c1ccc(C2=NOC3CNCC23)nc1. The minimum atomic E-state index is -1.26. The van der Waals surface area contributed by atoms with Gasteiger partial charge in [-0.25, -0.2) is 9.59 Å². The molecule has 2 unspecified atom stereocenters. The quantitative estimate of drug-likeness (QED) is 0.678. The minimum Gasteiger partial charge on any atom is -0.478 e. The average molecular weight is 305 g/mol. The minimum absolute atomic E-state index is 0.215. The van der Waals surface area contributed by atoms with Crippen LogP contribution < -0.4 is 5.32 Å². The van der Waals surface area contributed by atoms with E-state index in [4.69, 9.17) is 15.1 Å². The van der Waals surface area contributed by atoms with Gasteiger partial charge in [0.2, 0.25) is 0 Å². The summed E-state index contributed by atoms with van der Waals surface area (Å²) in [6, 6.07) is 5.85. The summed E-state index contributed by atoms with van der Waals surface area (Å²) in [5.41, 5.74) is 1.92. The first-order valence-electron chi connectivity index (χ1n) is 6.57. The van der Waals surface area contributed by atoms with Crippen molar-refractivity contribution >= 4 is 17.7 Å². The molecular formula is C14H15N3O5. The van der Waals surface area contributed by atoms with Crippen LogP contribution in [-0.4, -0.2) is 52.0 Å². The number of nitrogens with zero attached hydrogens (tertiary/aromatic N) is 2. The number of fused-ring (bicyclic) bond motifs is 1. The van der Waals surface area contributed by atoms with Crippen LogP contribution in [0.3, 0.4) is 0 Å². The second-order valence-electron chi connectivity index (χ2n) is 4.61. The van der Waals surface area contributed by atoms with Gasteiger partial charge in [-0.1, -0.05) is 11.2 Å². The van der Waals surface area contributed by atoms with Crippen LogP contribution in [-0.2, 0) is 14.4 Å². The fourth-order valence-corrected chi connectivity index (χ4v) is 2.12. The van der Waals surface area contributed by atoms with Crippen LogP contribution in [0.15, 0.2) is 41.7 Å². The first-order valence-corrected chi connectivity index (χ1v) is 6.57. The maximum Gasteiger partial charge on any atom is 0.328 e. The summed E-state index contributed by atoms with van der Waals surface area (Å²) in [7, 11) is 0. The lowest BCUT2D eigenvalue weighted by Gasteiger charge is -2.06. The number of carboxylic acid groups (broad SMARTS) is 2. The third-order valence-corrected chi connectivity index (χ3v) is 3.09. The van der Waals surface area contributed by atoms with E-state index in [9.17, 15) is 9.59 Å². The molecule has 1 saturated heterocycles. The third-order valence-electron chi connectivity index (χ3n) is 3.09. The molecule has 3 N–H and O–H groups in total. The van der Waals surface area contributed by atoms with Gasteiger partial charge in [-0.05, 0) is 12.1 Å². The van der Waals surface area contributed by atoms with Crippen molar-refractivity contribution in [1.82, 2.24) is 10.3 Å². The number of rotatable bonds is 3. The second-order valence-corrected chi connectivity index (χ2v) is 4.61. The van der Waals surface area contributed by atoms with Gasteiger partial charge < -0.3 is 20.4 Å². The van der Waals surface area contributed by atoms with E-state index in [1.165, 1.54) is 0 Å². The highest BCUT2D eigenvalue weighted by Crippen LogP contribution is 2.24. The molecule has 0 aliphatic carbocycles. The standard InChI is InChI=1S/C10H11N3O.C4H4O4/c1-2-4-12-8(3-1)10-7-5-11-6-9(7)14-13-10;5-3(6)1-2-4(7)8/h1-4,7,9,11H,5-6H2;1-2H,(H,5,6)(H,7,8)/b;2-1+. The maximum absolute atomic E-state index is 9.55. The molecule has 2 atom stereocenters. The molecule has 0 saturated carbocycles. The van der Waals surface area contributed by atoms with E-state index in [0.29, 0.717) is 18.1 Å². The van der Waals surface area contributed by atoms with Crippen molar-refractivity contribution in [2.24, 2.45) is 11.1 Å². The number of carboxylic acids is 2. The van der Waals surface area contributed by atoms with E-state index in [1.54, 1.807) is 6.20 Å². The molecule has 0 bridgehead atoms. The number of nitrogens with one attached hydrogen (secondary N) is 1. The Balaban J connectivity index is 0.000000192. The summed E-state index contributed by atoms with van der Waals surface area (Å²) in [5.74, 6) is -2.13. The van der Waals surface area contributed by atoms with Crippen molar-refractivity contribution in [2.45, 2.75) is 6.10 Å². The normalized spacial score (nSPS) is 22.3. The van der Waals surface area contributed by atoms with Crippen LogP contribution in [0, 0.1) is 5.92 Å². The average Bonchev–Trinajstić information content (AvgIpc) is 3.09. The highest BCUT2D eigenvalue weighted by atomic mass is 16.6. The fourth-order valence-electron chi connectivity index (χ4n) is 2.12. The molecule has 0 spiro atoms. The van der Waals surface area contributed by atoms with E-state index in [0.717, 1.165) is 24.5 Å². The maximum atomic E-state index is 9.55. The predicted molar refractivity (Wildman–Crippen MR) is 76.4 cm³/mol. The van der Waals surface area contributed by atoms with Crippen LogP contribution in [0.2, 0.25) is 0 Å². The number of hydrogen-bond acceptors (Lipinski definition) is 6. The van der Waals surface area contributed by atoms with Gasteiger partial charge in [0, 0.05) is 31.4 Å². The Bertz CT molecular complexity index is 584. The zero-order chi connectivity index (χ0) is 15.9. The van der Waals surface area contributed by atoms with Gasteiger partial charge in [-0.15, -0.1) is 0 Å². The highest BCUT2D eigenvalue weighted by molar-refractivity contribution is 6.01. The molecule has 3 heterocycles. The summed E-state index contributed by atoms with van der Waals surface area (Å²) in [5, 5.41) is 23.0. The lowest BCUT2D eigenvalue weighted by molar-refractivity contribution is -0.134. The summed E-state index contributed by atoms with van der Waals surface area (Å²) in [4.78, 5) is 28.7. The van der Waals surface area contributed by atoms with Gasteiger partial charge >= 0.3 is 11.9 Å². The second kappa shape index (κ2) is 7.32. The molecule has 0 amide bonds. The van der Waals surface area contributed by atoms with Crippen molar-refractivity contribution in [3.8, 4) is 0 Å².